The molecule has 0 spiro atoms. The summed E-state index contributed by atoms with van der Waals surface area (Å²) < 4.78 is 0. The molecule has 3 aromatic rings. The number of rotatable bonds is 4. The van der Waals surface area contributed by atoms with Crippen LogP contribution in [0.15, 0.2) is 72.8 Å². The van der Waals surface area contributed by atoms with Crippen molar-refractivity contribution in [3.8, 4) is 11.5 Å². The lowest BCUT2D eigenvalue weighted by molar-refractivity contribution is 0.0663. The van der Waals surface area contributed by atoms with E-state index in [0.29, 0.717) is 18.7 Å². The maximum atomic E-state index is 13.4. The van der Waals surface area contributed by atoms with Gasteiger partial charge >= 0.3 is 0 Å². The third kappa shape index (κ3) is 4.16. The van der Waals surface area contributed by atoms with E-state index in [0.717, 1.165) is 29.8 Å². The van der Waals surface area contributed by atoms with Crippen molar-refractivity contribution in [2.75, 3.05) is 33.2 Å². The monoisotopic (exact) mass is 402 g/mol. The molecule has 0 aromatic heterocycles. The second-order valence-electron chi connectivity index (χ2n) is 7.80. The standard InChI is InChI=1S/C25H26N2O3/c1-26-14-16-27(17-15-26)25(30)23-5-3-2-4-22(23)24(18-6-10-20(28)11-7-18)19-8-12-21(29)13-9-19/h2-13,24,28-29H,14-17H2,1H3. The molecule has 4 rings (SSSR count). The van der Waals surface area contributed by atoms with E-state index in [9.17, 15) is 15.0 Å². The molecular weight excluding hydrogens is 376 g/mol. The molecule has 0 aliphatic carbocycles. The number of phenolic OH excluding ortho intramolecular Hbond substituents is 2. The quantitative estimate of drug-likeness (QED) is 0.654. The molecule has 5 heteroatoms. The summed E-state index contributed by atoms with van der Waals surface area (Å²) in [5.41, 5.74) is 3.54. The van der Waals surface area contributed by atoms with E-state index in [-0.39, 0.29) is 23.3 Å². The van der Waals surface area contributed by atoms with Gasteiger partial charge in [-0.15, -0.1) is 0 Å². The maximum Gasteiger partial charge on any atom is 0.254 e. The molecular formula is C25H26N2O3. The fraction of sp³-hybridized carbons (Fsp3) is 0.240. The Balaban J connectivity index is 1.78. The molecule has 0 saturated carbocycles. The van der Waals surface area contributed by atoms with Gasteiger partial charge in [0.15, 0.2) is 0 Å². The number of hydrogen-bond acceptors (Lipinski definition) is 4. The van der Waals surface area contributed by atoms with Crippen LogP contribution < -0.4 is 0 Å². The summed E-state index contributed by atoms with van der Waals surface area (Å²) in [5, 5.41) is 19.5. The Labute approximate surface area is 176 Å². The topological polar surface area (TPSA) is 64.0 Å². The highest BCUT2D eigenvalue weighted by Crippen LogP contribution is 2.35. The van der Waals surface area contributed by atoms with Crippen LogP contribution in [-0.4, -0.2) is 59.1 Å². The fourth-order valence-electron chi connectivity index (χ4n) is 4.01. The Kier molecular flexibility index (Phi) is 5.72. The van der Waals surface area contributed by atoms with Crippen molar-refractivity contribution in [2.45, 2.75) is 5.92 Å². The van der Waals surface area contributed by atoms with Crippen LogP contribution in [0.3, 0.4) is 0 Å². The van der Waals surface area contributed by atoms with Gasteiger partial charge in [0.25, 0.3) is 5.91 Å². The first kappa shape index (κ1) is 20.0. The SMILES string of the molecule is CN1CCN(C(=O)c2ccccc2C(c2ccc(O)cc2)c2ccc(O)cc2)CC1. The minimum Gasteiger partial charge on any atom is -0.508 e. The first-order valence-corrected chi connectivity index (χ1v) is 10.2. The highest BCUT2D eigenvalue weighted by molar-refractivity contribution is 5.96. The molecule has 5 nitrogen and oxygen atoms in total. The highest BCUT2D eigenvalue weighted by atomic mass is 16.3. The van der Waals surface area contributed by atoms with E-state index in [1.54, 1.807) is 24.3 Å². The summed E-state index contributed by atoms with van der Waals surface area (Å²) in [6, 6.07) is 21.9. The van der Waals surface area contributed by atoms with Crippen molar-refractivity contribution >= 4 is 5.91 Å². The molecule has 3 aromatic carbocycles. The van der Waals surface area contributed by atoms with E-state index in [1.165, 1.54) is 0 Å². The van der Waals surface area contributed by atoms with Crippen LogP contribution in [0.4, 0.5) is 0 Å². The fourth-order valence-corrected chi connectivity index (χ4v) is 4.01. The number of aromatic hydroxyl groups is 2. The second-order valence-corrected chi connectivity index (χ2v) is 7.80. The highest BCUT2D eigenvalue weighted by Gasteiger charge is 2.26. The van der Waals surface area contributed by atoms with Gasteiger partial charge in [-0.2, -0.15) is 0 Å². The van der Waals surface area contributed by atoms with Crippen molar-refractivity contribution in [1.82, 2.24) is 9.80 Å². The van der Waals surface area contributed by atoms with Gasteiger partial charge in [-0.3, -0.25) is 4.79 Å². The van der Waals surface area contributed by atoms with Crippen molar-refractivity contribution in [3.63, 3.8) is 0 Å². The average molecular weight is 402 g/mol. The number of phenols is 2. The molecule has 0 bridgehead atoms. The van der Waals surface area contributed by atoms with Gasteiger partial charge in [0, 0.05) is 37.7 Å². The summed E-state index contributed by atoms with van der Waals surface area (Å²) in [6.45, 7) is 3.17. The minimum absolute atomic E-state index is 0.0428. The molecule has 1 amide bonds. The number of carbonyl (C=O) groups is 1. The van der Waals surface area contributed by atoms with Crippen molar-refractivity contribution in [1.29, 1.82) is 0 Å². The normalized spacial score (nSPS) is 14.8. The zero-order chi connectivity index (χ0) is 21.1. The van der Waals surface area contributed by atoms with Crippen LogP contribution in [0.2, 0.25) is 0 Å². The maximum absolute atomic E-state index is 13.4. The predicted molar refractivity (Wildman–Crippen MR) is 117 cm³/mol. The smallest absolute Gasteiger partial charge is 0.254 e. The first-order valence-electron chi connectivity index (χ1n) is 10.2. The number of hydrogen-bond donors (Lipinski definition) is 2. The Morgan fingerprint density at radius 1 is 0.767 bits per heavy atom. The number of piperazine rings is 1. The first-order chi connectivity index (χ1) is 14.5. The number of benzene rings is 3. The lowest BCUT2D eigenvalue weighted by atomic mass is 9.82. The van der Waals surface area contributed by atoms with Gasteiger partial charge in [-0.1, -0.05) is 42.5 Å². The number of likely N-dealkylation sites (N-methyl/N-ethyl adjacent to an activating group) is 1. The van der Waals surface area contributed by atoms with E-state index < -0.39 is 0 Å². The second kappa shape index (κ2) is 8.59. The number of carbonyl (C=O) groups excluding carboxylic acids is 1. The van der Waals surface area contributed by atoms with Crippen molar-refractivity contribution in [3.05, 3.63) is 95.1 Å². The van der Waals surface area contributed by atoms with Crippen LogP contribution in [0.5, 0.6) is 11.5 Å². The molecule has 2 N–H and O–H groups in total. The van der Waals surface area contributed by atoms with Crippen molar-refractivity contribution < 1.29 is 15.0 Å². The molecule has 1 heterocycles. The Bertz CT molecular complexity index is 962. The van der Waals surface area contributed by atoms with Gasteiger partial charge in [0.2, 0.25) is 0 Å². The van der Waals surface area contributed by atoms with Gasteiger partial charge in [0.05, 0.1) is 0 Å². The largest absolute Gasteiger partial charge is 0.508 e. The zero-order valence-electron chi connectivity index (χ0n) is 17.0. The van der Waals surface area contributed by atoms with E-state index in [4.69, 9.17) is 0 Å². The Morgan fingerprint density at radius 3 is 1.80 bits per heavy atom. The zero-order valence-corrected chi connectivity index (χ0v) is 17.0. The molecule has 154 valence electrons. The lowest BCUT2D eigenvalue weighted by Crippen LogP contribution is -2.47. The molecule has 1 aliphatic rings. The summed E-state index contributed by atoms with van der Waals surface area (Å²) >= 11 is 0. The summed E-state index contributed by atoms with van der Waals surface area (Å²) in [4.78, 5) is 17.6. The molecule has 1 saturated heterocycles. The Hall–Kier alpha value is -3.31. The van der Waals surface area contributed by atoms with Gasteiger partial charge < -0.3 is 20.0 Å². The van der Waals surface area contributed by atoms with Crippen LogP contribution in [0, 0.1) is 0 Å². The molecule has 0 radical (unpaired) electrons. The predicted octanol–water partition coefficient (Wildman–Crippen LogP) is 3.67. The minimum atomic E-state index is -0.196. The van der Waals surface area contributed by atoms with Crippen LogP contribution >= 0.6 is 0 Å². The summed E-state index contributed by atoms with van der Waals surface area (Å²) in [7, 11) is 2.07. The molecule has 30 heavy (non-hydrogen) atoms. The molecule has 0 atom stereocenters. The van der Waals surface area contributed by atoms with E-state index in [2.05, 4.69) is 11.9 Å². The molecule has 1 aliphatic heterocycles. The van der Waals surface area contributed by atoms with E-state index in [1.807, 2.05) is 53.4 Å². The van der Waals surface area contributed by atoms with Crippen LogP contribution in [0.25, 0.3) is 0 Å². The van der Waals surface area contributed by atoms with Gasteiger partial charge in [-0.25, -0.2) is 0 Å². The van der Waals surface area contributed by atoms with Crippen molar-refractivity contribution in [2.24, 2.45) is 0 Å². The molecule has 0 unspecified atom stereocenters. The summed E-state index contributed by atoms with van der Waals surface area (Å²) in [6.07, 6.45) is 0. The number of nitrogens with zero attached hydrogens (tertiary/aromatic N) is 2. The Morgan fingerprint density at radius 2 is 1.27 bits per heavy atom. The third-order valence-electron chi connectivity index (χ3n) is 5.75. The summed E-state index contributed by atoms with van der Waals surface area (Å²) in [5.74, 6) is 0.245. The lowest BCUT2D eigenvalue weighted by Gasteiger charge is -2.33. The van der Waals surface area contributed by atoms with Gasteiger partial charge in [-0.05, 0) is 54.1 Å². The average Bonchev–Trinajstić information content (AvgIpc) is 2.77. The van der Waals surface area contributed by atoms with Crippen LogP contribution in [-0.2, 0) is 0 Å². The third-order valence-corrected chi connectivity index (χ3v) is 5.75. The molecule has 1 fully saturated rings. The number of amides is 1. The van der Waals surface area contributed by atoms with E-state index >= 15 is 0 Å². The van der Waals surface area contributed by atoms with Gasteiger partial charge in [0.1, 0.15) is 11.5 Å². The van der Waals surface area contributed by atoms with Crippen LogP contribution in [0.1, 0.15) is 33.0 Å².